The van der Waals surface area contributed by atoms with Gasteiger partial charge in [-0.2, -0.15) is 0 Å². The summed E-state index contributed by atoms with van der Waals surface area (Å²) in [5.41, 5.74) is 3.49. The van der Waals surface area contributed by atoms with Gasteiger partial charge in [-0.25, -0.2) is 9.97 Å². The third-order valence-electron chi connectivity index (χ3n) is 4.97. The number of carboxylic acid groups (broad SMARTS) is 1. The van der Waals surface area contributed by atoms with E-state index >= 15 is 0 Å². The Balaban J connectivity index is 1.53. The summed E-state index contributed by atoms with van der Waals surface area (Å²) >= 11 is 0. The highest BCUT2D eigenvalue weighted by Crippen LogP contribution is 2.26. The van der Waals surface area contributed by atoms with Crippen LogP contribution in [0.3, 0.4) is 0 Å². The molecule has 1 saturated carbocycles. The lowest BCUT2D eigenvalue weighted by molar-refractivity contribution is -0.137. The molecular formula is C22H23N5O3. The smallest absolute Gasteiger partial charge is 0.305 e. The van der Waals surface area contributed by atoms with Crippen LogP contribution in [0.25, 0.3) is 11.3 Å². The van der Waals surface area contributed by atoms with Crippen molar-refractivity contribution in [3.05, 3.63) is 65.6 Å². The normalized spacial score (nSPS) is 14.2. The average Bonchev–Trinajstić information content (AvgIpc) is 3.41. The van der Waals surface area contributed by atoms with Crippen LogP contribution >= 0.6 is 0 Å². The maximum atomic E-state index is 12.8. The Labute approximate surface area is 173 Å². The maximum Gasteiger partial charge on any atom is 0.305 e. The van der Waals surface area contributed by atoms with E-state index < -0.39 is 12.0 Å². The SMILES string of the molecule is Cc1cnc(NC2CC2)nc1-c1c[nH]c(C(=O)N[C@@H](CC(=O)O)c2ccccc2)c1. The van der Waals surface area contributed by atoms with Crippen LogP contribution in [0.15, 0.2) is 48.8 Å². The van der Waals surface area contributed by atoms with Crippen LogP contribution in [0, 0.1) is 6.92 Å². The van der Waals surface area contributed by atoms with Gasteiger partial charge < -0.3 is 20.7 Å². The Kier molecular flexibility index (Phi) is 5.47. The molecule has 1 atom stereocenters. The van der Waals surface area contributed by atoms with Crippen molar-refractivity contribution in [2.75, 3.05) is 5.32 Å². The number of carboxylic acids is 1. The van der Waals surface area contributed by atoms with Crippen LogP contribution in [0.5, 0.6) is 0 Å². The number of aliphatic carboxylic acids is 1. The standard InChI is InChI=1S/C22H23N5O3/c1-13-11-24-22(25-16-7-8-16)27-20(13)15-9-18(23-12-15)21(30)26-17(10-19(28)29)14-5-3-2-4-6-14/h2-6,9,11-12,16-17,23H,7-8,10H2,1H3,(H,26,30)(H,28,29)(H,24,25,27)/t17-/m0/s1. The highest BCUT2D eigenvalue weighted by atomic mass is 16.4. The first kappa shape index (κ1) is 19.6. The molecule has 1 aliphatic carbocycles. The first-order valence-corrected chi connectivity index (χ1v) is 9.86. The number of rotatable bonds is 8. The average molecular weight is 405 g/mol. The number of nitrogens with one attached hydrogen (secondary N) is 3. The van der Waals surface area contributed by atoms with E-state index in [-0.39, 0.29) is 12.3 Å². The van der Waals surface area contributed by atoms with Crippen molar-refractivity contribution in [3.63, 3.8) is 0 Å². The lowest BCUT2D eigenvalue weighted by Crippen LogP contribution is -2.30. The molecule has 3 aromatic rings. The van der Waals surface area contributed by atoms with Crippen molar-refractivity contribution in [2.45, 2.75) is 38.3 Å². The summed E-state index contributed by atoms with van der Waals surface area (Å²) in [5.74, 6) is -0.779. The number of aromatic amines is 1. The second kappa shape index (κ2) is 8.36. The number of carbonyl (C=O) groups excluding carboxylic acids is 1. The summed E-state index contributed by atoms with van der Waals surface area (Å²) in [6.45, 7) is 1.92. The summed E-state index contributed by atoms with van der Waals surface area (Å²) in [5, 5.41) is 15.3. The molecular weight excluding hydrogens is 382 g/mol. The molecule has 1 amide bonds. The van der Waals surface area contributed by atoms with E-state index in [1.165, 1.54) is 0 Å². The van der Waals surface area contributed by atoms with Gasteiger partial charge in [0.2, 0.25) is 5.95 Å². The third kappa shape index (κ3) is 4.65. The van der Waals surface area contributed by atoms with E-state index in [2.05, 4.69) is 25.6 Å². The Morgan fingerprint density at radius 2 is 2.03 bits per heavy atom. The van der Waals surface area contributed by atoms with Crippen LogP contribution in [0.2, 0.25) is 0 Å². The minimum absolute atomic E-state index is 0.204. The first-order valence-electron chi connectivity index (χ1n) is 9.86. The third-order valence-corrected chi connectivity index (χ3v) is 4.97. The van der Waals surface area contributed by atoms with Gasteiger partial charge in [0.05, 0.1) is 18.2 Å². The molecule has 4 N–H and O–H groups in total. The van der Waals surface area contributed by atoms with Crippen LogP contribution in [-0.4, -0.2) is 38.0 Å². The van der Waals surface area contributed by atoms with Gasteiger partial charge in [-0.3, -0.25) is 9.59 Å². The number of aromatic nitrogens is 3. The first-order chi connectivity index (χ1) is 14.5. The Hall–Kier alpha value is -3.68. The number of hydrogen-bond acceptors (Lipinski definition) is 5. The molecule has 4 rings (SSSR count). The number of hydrogen-bond donors (Lipinski definition) is 4. The van der Waals surface area contributed by atoms with E-state index in [0.29, 0.717) is 17.7 Å². The van der Waals surface area contributed by atoms with Crippen LogP contribution in [0.4, 0.5) is 5.95 Å². The maximum absolute atomic E-state index is 12.8. The van der Waals surface area contributed by atoms with E-state index in [4.69, 9.17) is 0 Å². The van der Waals surface area contributed by atoms with Crippen LogP contribution in [0.1, 0.15) is 46.9 Å². The second-order valence-corrected chi connectivity index (χ2v) is 7.48. The van der Waals surface area contributed by atoms with Crippen molar-refractivity contribution in [1.82, 2.24) is 20.3 Å². The number of amides is 1. The zero-order chi connectivity index (χ0) is 21.1. The molecule has 30 heavy (non-hydrogen) atoms. The van der Waals surface area contributed by atoms with Crippen LogP contribution < -0.4 is 10.6 Å². The topological polar surface area (TPSA) is 120 Å². The van der Waals surface area contributed by atoms with Gasteiger partial charge >= 0.3 is 5.97 Å². The summed E-state index contributed by atoms with van der Waals surface area (Å²) in [7, 11) is 0. The predicted octanol–water partition coefficient (Wildman–Crippen LogP) is 3.30. The van der Waals surface area contributed by atoms with Crippen molar-refractivity contribution in [2.24, 2.45) is 0 Å². The number of carbonyl (C=O) groups is 2. The number of H-pyrrole nitrogens is 1. The van der Waals surface area contributed by atoms with Gasteiger partial charge in [0.1, 0.15) is 5.69 Å². The molecule has 0 aliphatic heterocycles. The number of aryl methyl sites for hydroxylation is 1. The number of benzene rings is 1. The molecule has 8 heteroatoms. The van der Waals surface area contributed by atoms with Crippen LogP contribution in [-0.2, 0) is 4.79 Å². The largest absolute Gasteiger partial charge is 0.481 e. The van der Waals surface area contributed by atoms with Crippen molar-refractivity contribution in [1.29, 1.82) is 0 Å². The zero-order valence-corrected chi connectivity index (χ0v) is 16.6. The predicted molar refractivity (Wildman–Crippen MR) is 112 cm³/mol. The van der Waals surface area contributed by atoms with E-state index in [0.717, 1.165) is 35.2 Å². The fourth-order valence-corrected chi connectivity index (χ4v) is 3.22. The van der Waals surface area contributed by atoms with Gasteiger partial charge in [-0.05, 0) is 37.0 Å². The van der Waals surface area contributed by atoms with Crippen molar-refractivity contribution >= 4 is 17.8 Å². The Bertz CT molecular complexity index is 1060. The molecule has 2 heterocycles. The van der Waals surface area contributed by atoms with Crippen molar-refractivity contribution in [3.8, 4) is 11.3 Å². The fourth-order valence-electron chi connectivity index (χ4n) is 3.22. The van der Waals surface area contributed by atoms with Gasteiger partial charge in [0, 0.05) is 24.0 Å². The summed E-state index contributed by atoms with van der Waals surface area (Å²) < 4.78 is 0. The molecule has 8 nitrogen and oxygen atoms in total. The van der Waals surface area contributed by atoms with Gasteiger partial charge in [0.15, 0.2) is 0 Å². The molecule has 0 bridgehead atoms. The molecule has 1 fully saturated rings. The van der Waals surface area contributed by atoms with E-state index in [1.807, 2.05) is 25.1 Å². The molecule has 1 aliphatic rings. The quantitative estimate of drug-likeness (QED) is 0.456. The highest BCUT2D eigenvalue weighted by molar-refractivity contribution is 5.94. The van der Waals surface area contributed by atoms with E-state index in [1.54, 1.807) is 30.6 Å². The summed E-state index contributed by atoms with van der Waals surface area (Å²) in [6.07, 6.45) is 5.53. The fraction of sp³-hybridized carbons (Fsp3) is 0.273. The van der Waals surface area contributed by atoms with Gasteiger partial charge in [0.25, 0.3) is 5.91 Å². The molecule has 2 aromatic heterocycles. The second-order valence-electron chi connectivity index (χ2n) is 7.48. The Morgan fingerprint density at radius 1 is 1.27 bits per heavy atom. The van der Waals surface area contributed by atoms with E-state index in [9.17, 15) is 14.7 Å². The van der Waals surface area contributed by atoms with Gasteiger partial charge in [-0.1, -0.05) is 30.3 Å². The summed E-state index contributed by atoms with van der Waals surface area (Å²) in [6, 6.07) is 10.6. The molecule has 154 valence electrons. The minimum atomic E-state index is -0.983. The monoisotopic (exact) mass is 405 g/mol. The van der Waals surface area contributed by atoms with Gasteiger partial charge in [-0.15, -0.1) is 0 Å². The Morgan fingerprint density at radius 3 is 2.73 bits per heavy atom. The number of anilines is 1. The number of nitrogens with zero attached hydrogens (tertiary/aromatic N) is 2. The van der Waals surface area contributed by atoms with Crippen molar-refractivity contribution < 1.29 is 14.7 Å². The zero-order valence-electron chi connectivity index (χ0n) is 16.6. The lowest BCUT2D eigenvalue weighted by Gasteiger charge is -2.17. The molecule has 0 spiro atoms. The molecule has 0 saturated heterocycles. The highest BCUT2D eigenvalue weighted by Gasteiger charge is 2.23. The molecule has 1 aromatic carbocycles. The molecule has 0 radical (unpaired) electrons. The molecule has 0 unspecified atom stereocenters. The summed E-state index contributed by atoms with van der Waals surface area (Å²) in [4.78, 5) is 35.9. The lowest BCUT2D eigenvalue weighted by atomic mass is 10.0. The minimum Gasteiger partial charge on any atom is -0.481 e.